The van der Waals surface area contributed by atoms with Crippen molar-refractivity contribution in [3.05, 3.63) is 57.0 Å². The van der Waals surface area contributed by atoms with Crippen LogP contribution < -0.4 is 5.73 Å². The average molecular weight is 313 g/mol. The molecule has 0 aliphatic carbocycles. The highest BCUT2D eigenvalue weighted by molar-refractivity contribution is 7.10. The van der Waals surface area contributed by atoms with Gasteiger partial charge in [0.1, 0.15) is 5.82 Å². The van der Waals surface area contributed by atoms with Gasteiger partial charge in [-0.25, -0.2) is 4.39 Å². The Morgan fingerprint density at radius 3 is 2.65 bits per heavy atom. The molecule has 0 amide bonds. The van der Waals surface area contributed by atoms with E-state index in [0.29, 0.717) is 12.1 Å². The molecule has 2 rings (SSSR count). The zero-order valence-corrected chi connectivity index (χ0v) is 13.1. The first-order valence-corrected chi connectivity index (χ1v) is 7.70. The normalized spacial score (nSPS) is 14.5. The molecule has 1 aromatic heterocycles. The van der Waals surface area contributed by atoms with Crippen LogP contribution in [0, 0.1) is 5.82 Å². The zero-order valence-electron chi connectivity index (χ0n) is 11.5. The third-order valence-electron chi connectivity index (χ3n) is 3.60. The van der Waals surface area contributed by atoms with Gasteiger partial charge in [0.05, 0.1) is 11.1 Å². The molecule has 20 heavy (non-hydrogen) atoms. The van der Waals surface area contributed by atoms with Crippen molar-refractivity contribution in [1.29, 1.82) is 0 Å². The topological polar surface area (TPSA) is 29.3 Å². The molecule has 5 heteroatoms. The van der Waals surface area contributed by atoms with Crippen LogP contribution in [0.15, 0.2) is 35.7 Å². The van der Waals surface area contributed by atoms with E-state index in [2.05, 4.69) is 4.90 Å². The van der Waals surface area contributed by atoms with Crippen molar-refractivity contribution in [3.8, 4) is 0 Å². The molecule has 108 valence electrons. The molecule has 2 atom stereocenters. The second-order valence-electron chi connectivity index (χ2n) is 4.78. The smallest absolute Gasteiger partial charge is 0.127 e. The molecule has 0 spiro atoms. The number of likely N-dealkylation sites (N-methyl/N-ethyl adjacent to an activating group) is 1. The summed E-state index contributed by atoms with van der Waals surface area (Å²) in [7, 11) is 1.96. The van der Waals surface area contributed by atoms with Crippen molar-refractivity contribution in [2.45, 2.75) is 19.0 Å². The summed E-state index contributed by atoms with van der Waals surface area (Å²) in [6.45, 7) is 2.45. The lowest BCUT2D eigenvalue weighted by molar-refractivity contribution is 0.189. The van der Waals surface area contributed by atoms with Crippen LogP contribution in [0.25, 0.3) is 0 Å². The summed E-state index contributed by atoms with van der Waals surface area (Å²) in [5.74, 6) is -0.188. The van der Waals surface area contributed by atoms with Crippen molar-refractivity contribution in [3.63, 3.8) is 0 Å². The molecular formula is C15H18ClFN2S. The monoisotopic (exact) mass is 312 g/mol. The fourth-order valence-corrected chi connectivity index (χ4v) is 3.54. The van der Waals surface area contributed by atoms with Crippen molar-refractivity contribution in [2.24, 2.45) is 5.73 Å². The summed E-state index contributed by atoms with van der Waals surface area (Å²) in [6.07, 6.45) is 0. The van der Waals surface area contributed by atoms with Crippen molar-refractivity contribution in [1.82, 2.24) is 4.90 Å². The molecular weight excluding hydrogens is 295 g/mol. The Morgan fingerprint density at radius 1 is 1.40 bits per heavy atom. The molecule has 1 heterocycles. The van der Waals surface area contributed by atoms with Crippen LogP contribution in [0.2, 0.25) is 5.02 Å². The highest BCUT2D eigenvalue weighted by atomic mass is 35.5. The Bertz CT molecular complexity index is 573. The first-order valence-electron chi connectivity index (χ1n) is 6.45. The molecule has 2 N–H and O–H groups in total. The van der Waals surface area contributed by atoms with Crippen LogP contribution in [-0.4, -0.2) is 18.5 Å². The first kappa shape index (κ1) is 15.4. The second-order valence-corrected chi connectivity index (χ2v) is 6.16. The lowest BCUT2D eigenvalue weighted by Gasteiger charge is -2.32. The fraction of sp³-hybridized carbons (Fsp3) is 0.333. The van der Waals surface area contributed by atoms with Gasteiger partial charge in [-0.3, -0.25) is 4.90 Å². The fourth-order valence-electron chi connectivity index (χ4n) is 2.29. The van der Waals surface area contributed by atoms with Crippen LogP contribution >= 0.6 is 22.9 Å². The summed E-state index contributed by atoms with van der Waals surface area (Å²) in [4.78, 5) is 3.18. The van der Waals surface area contributed by atoms with Gasteiger partial charge in [-0.1, -0.05) is 29.8 Å². The van der Waals surface area contributed by atoms with E-state index in [9.17, 15) is 4.39 Å². The maximum atomic E-state index is 13.9. The van der Waals surface area contributed by atoms with E-state index in [1.807, 2.05) is 37.6 Å². The molecule has 2 aromatic rings. The van der Waals surface area contributed by atoms with E-state index in [4.69, 9.17) is 17.3 Å². The summed E-state index contributed by atoms with van der Waals surface area (Å²) in [6, 6.07) is 8.74. The minimum atomic E-state index is -0.188. The van der Waals surface area contributed by atoms with E-state index in [-0.39, 0.29) is 17.9 Å². The number of nitrogens with zero attached hydrogens (tertiary/aromatic N) is 1. The van der Waals surface area contributed by atoms with Crippen molar-refractivity contribution in [2.75, 3.05) is 13.6 Å². The predicted octanol–water partition coefficient (Wildman–Crippen LogP) is 4.23. The van der Waals surface area contributed by atoms with Gasteiger partial charge >= 0.3 is 0 Å². The number of rotatable bonds is 5. The summed E-state index contributed by atoms with van der Waals surface area (Å²) >= 11 is 7.56. The van der Waals surface area contributed by atoms with Crippen LogP contribution in [-0.2, 0) is 0 Å². The molecule has 0 saturated carbocycles. The summed E-state index contributed by atoms with van der Waals surface area (Å²) in [5.41, 5.74) is 6.57. The van der Waals surface area contributed by atoms with Crippen LogP contribution in [0.1, 0.15) is 29.4 Å². The number of hydrogen-bond donors (Lipinski definition) is 1. The highest BCUT2D eigenvalue weighted by Gasteiger charge is 2.24. The third-order valence-corrected chi connectivity index (χ3v) is 4.98. The highest BCUT2D eigenvalue weighted by Crippen LogP contribution is 2.33. The zero-order chi connectivity index (χ0) is 14.7. The van der Waals surface area contributed by atoms with Gasteiger partial charge in [0.15, 0.2) is 0 Å². The SMILES string of the molecule is CC(c1ccccc1F)N(C)C(CN)c1cc(Cl)cs1. The van der Waals surface area contributed by atoms with Crippen molar-refractivity contribution < 1.29 is 4.39 Å². The van der Waals surface area contributed by atoms with Gasteiger partial charge in [-0.15, -0.1) is 11.3 Å². The summed E-state index contributed by atoms with van der Waals surface area (Å²) < 4.78 is 13.9. The van der Waals surface area contributed by atoms with Crippen LogP contribution in [0.4, 0.5) is 4.39 Å². The first-order chi connectivity index (χ1) is 9.54. The van der Waals surface area contributed by atoms with E-state index in [1.54, 1.807) is 17.4 Å². The van der Waals surface area contributed by atoms with Crippen LogP contribution in [0.3, 0.4) is 0 Å². The van der Waals surface area contributed by atoms with Crippen LogP contribution in [0.5, 0.6) is 0 Å². The van der Waals surface area contributed by atoms with Gasteiger partial charge in [0.25, 0.3) is 0 Å². The van der Waals surface area contributed by atoms with Gasteiger partial charge in [0, 0.05) is 28.4 Å². The van der Waals surface area contributed by atoms with Gasteiger partial charge in [-0.05, 0) is 26.1 Å². The molecule has 0 aliphatic rings. The number of hydrogen-bond acceptors (Lipinski definition) is 3. The molecule has 0 saturated heterocycles. The molecule has 0 radical (unpaired) electrons. The minimum absolute atomic E-state index is 0.0297. The molecule has 0 bridgehead atoms. The summed E-state index contributed by atoms with van der Waals surface area (Å²) in [5, 5.41) is 2.61. The lowest BCUT2D eigenvalue weighted by atomic mass is 10.0. The van der Waals surface area contributed by atoms with E-state index in [1.165, 1.54) is 6.07 Å². The Labute approximate surface area is 128 Å². The van der Waals surface area contributed by atoms with Gasteiger partial charge < -0.3 is 5.73 Å². The van der Waals surface area contributed by atoms with E-state index in [0.717, 1.165) is 9.90 Å². The lowest BCUT2D eigenvalue weighted by Crippen LogP contribution is -2.32. The Hall–Kier alpha value is -0.940. The minimum Gasteiger partial charge on any atom is -0.329 e. The Morgan fingerprint density at radius 2 is 2.10 bits per heavy atom. The quantitative estimate of drug-likeness (QED) is 0.895. The average Bonchev–Trinajstić information content (AvgIpc) is 2.85. The predicted molar refractivity (Wildman–Crippen MR) is 83.7 cm³/mol. The van der Waals surface area contributed by atoms with Gasteiger partial charge in [0.2, 0.25) is 0 Å². The van der Waals surface area contributed by atoms with Crippen molar-refractivity contribution >= 4 is 22.9 Å². The number of nitrogens with two attached hydrogens (primary N) is 1. The second kappa shape index (κ2) is 6.68. The number of thiophene rings is 1. The molecule has 1 aromatic carbocycles. The third kappa shape index (κ3) is 3.20. The molecule has 0 aliphatic heterocycles. The molecule has 2 nitrogen and oxygen atoms in total. The van der Waals surface area contributed by atoms with E-state index >= 15 is 0 Å². The Kier molecular flexibility index (Phi) is 5.16. The van der Waals surface area contributed by atoms with Gasteiger partial charge in [-0.2, -0.15) is 0 Å². The number of halogens is 2. The van der Waals surface area contributed by atoms with E-state index < -0.39 is 0 Å². The standard InChI is InChI=1S/C15H18ClFN2S/c1-10(12-5-3-4-6-13(12)17)19(2)14(8-18)15-7-11(16)9-20-15/h3-7,9-10,14H,8,18H2,1-2H3. The molecule has 2 unspecified atom stereocenters. The number of benzene rings is 1. The molecule has 0 fully saturated rings. The Balaban J connectivity index is 2.24. The largest absolute Gasteiger partial charge is 0.329 e. The maximum Gasteiger partial charge on any atom is 0.127 e. The maximum absolute atomic E-state index is 13.9.